The second kappa shape index (κ2) is 7.50. The molecule has 0 bridgehead atoms. The summed E-state index contributed by atoms with van der Waals surface area (Å²) in [7, 11) is 0. The van der Waals surface area contributed by atoms with E-state index in [9.17, 15) is 14.7 Å². The minimum Gasteiger partial charge on any atom is -0.455 e. The van der Waals surface area contributed by atoms with E-state index in [1.54, 1.807) is 42.5 Å². The summed E-state index contributed by atoms with van der Waals surface area (Å²) in [5.74, 6) is 0.0781. The zero-order chi connectivity index (χ0) is 19.5. The second-order valence-electron chi connectivity index (χ2n) is 6.29. The topological polar surface area (TPSA) is 79.5 Å². The number of fused-ring (bicyclic) bond motifs is 1. The largest absolute Gasteiger partial charge is 0.455 e. The van der Waals surface area contributed by atoms with Crippen LogP contribution in [-0.4, -0.2) is 11.0 Å². The van der Waals surface area contributed by atoms with E-state index >= 15 is 0 Å². The highest BCUT2D eigenvalue weighted by molar-refractivity contribution is 6.05. The molecule has 0 unspecified atom stereocenters. The lowest BCUT2D eigenvalue weighted by Gasteiger charge is -2.10. The molecule has 0 aliphatic rings. The Balaban J connectivity index is 1.77. The van der Waals surface area contributed by atoms with E-state index < -0.39 is 6.61 Å². The molecule has 0 atom stereocenters. The van der Waals surface area contributed by atoms with Crippen molar-refractivity contribution in [2.24, 2.45) is 0 Å². The molecule has 2 N–H and O–H groups in total. The first-order chi connectivity index (χ1) is 13.7. The van der Waals surface area contributed by atoms with Crippen LogP contribution in [0.25, 0.3) is 22.3 Å². The van der Waals surface area contributed by atoms with Gasteiger partial charge in [0.1, 0.15) is 11.3 Å². The molecule has 0 fully saturated rings. The number of hydrogen-bond acceptors (Lipinski definition) is 4. The summed E-state index contributed by atoms with van der Waals surface area (Å²) in [6.07, 6.45) is 0. The monoisotopic (exact) mass is 371 g/mol. The molecule has 5 heteroatoms. The molecule has 0 radical (unpaired) electrons. The van der Waals surface area contributed by atoms with Crippen molar-refractivity contribution in [3.05, 3.63) is 100 Å². The van der Waals surface area contributed by atoms with Crippen molar-refractivity contribution in [2.45, 2.75) is 6.61 Å². The van der Waals surface area contributed by atoms with Gasteiger partial charge in [0.05, 0.1) is 17.6 Å². The standard InChI is InChI=1S/C23H17NO4/c25-14-19-21(26)18-13-17(24-23(27)16-9-5-2-6-10-16)11-12-20(18)28-22(19)15-7-3-1-4-8-15/h1-13,25H,14H2,(H,24,27). The van der Waals surface area contributed by atoms with Crippen LogP contribution in [0.5, 0.6) is 0 Å². The number of amides is 1. The Labute approximate surface area is 160 Å². The average Bonchev–Trinajstić information content (AvgIpc) is 2.75. The highest BCUT2D eigenvalue weighted by atomic mass is 16.3. The summed E-state index contributed by atoms with van der Waals surface area (Å²) in [6, 6.07) is 22.9. The van der Waals surface area contributed by atoms with Crippen molar-refractivity contribution >= 4 is 22.6 Å². The number of benzene rings is 3. The third-order valence-corrected chi connectivity index (χ3v) is 4.47. The molecule has 0 aliphatic heterocycles. The van der Waals surface area contributed by atoms with E-state index in [0.717, 1.165) is 0 Å². The van der Waals surface area contributed by atoms with Gasteiger partial charge in [-0.1, -0.05) is 48.5 Å². The maximum Gasteiger partial charge on any atom is 0.255 e. The maximum atomic E-state index is 12.9. The van der Waals surface area contributed by atoms with Crippen molar-refractivity contribution in [1.82, 2.24) is 0 Å². The fourth-order valence-electron chi connectivity index (χ4n) is 3.07. The van der Waals surface area contributed by atoms with Gasteiger partial charge in [-0.15, -0.1) is 0 Å². The number of nitrogens with one attached hydrogen (secondary N) is 1. The van der Waals surface area contributed by atoms with Gasteiger partial charge in [0.15, 0.2) is 5.43 Å². The number of carbonyl (C=O) groups excluding carboxylic acids is 1. The van der Waals surface area contributed by atoms with Crippen LogP contribution < -0.4 is 10.7 Å². The molecule has 1 amide bonds. The normalized spacial score (nSPS) is 10.8. The number of carbonyl (C=O) groups is 1. The summed E-state index contributed by atoms with van der Waals surface area (Å²) in [5, 5.41) is 12.8. The minimum absolute atomic E-state index is 0.185. The summed E-state index contributed by atoms with van der Waals surface area (Å²) in [5.41, 5.74) is 1.96. The van der Waals surface area contributed by atoms with Gasteiger partial charge in [-0.25, -0.2) is 0 Å². The lowest BCUT2D eigenvalue weighted by atomic mass is 10.0. The van der Waals surface area contributed by atoms with Crippen LogP contribution in [0.3, 0.4) is 0 Å². The van der Waals surface area contributed by atoms with Gasteiger partial charge in [-0.2, -0.15) is 0 Å². The van der Waals surface area contributed by atoms with E-state index in [2.05, 4.69) is 5.32 Å². The van der Waals surface area contributed by atoms with Gasteiger partial charge < -0.3 is 14.8 Å². The molecule has 5 nitrogen and oxygen atoms in total. The Bertz CT molecular complexity index is 1200. The maximum absolute atomic E-state index is 12.9. The highest BCUT2D eigenvalue weighted by Crippen LogP contribution is 2.27. The van der Waals surface area contributed by atoms with Gasteiger partial charge in [0.2, 0.25) is 0 Å². The number of rotatable bonds is 4. The Morgan fingerprint density at radius 1 is 0.929 bits per heavy atom. The van der Waals surface area contributed by atoms with Crippen LogP contribution in [0.2, 0.25) is 0 Å². The van der Waals surface area contributed by atoms with Crippen molar-refractivity contribution < 1.29 is 14.3 Å². The Hall–Kier alpha value is -3.70. The summed E-state index contributed by atoms with van der Waals surface area (Å²) in [4.78, 5) is 25.3. The van der Waals surface area contributed by atoms with E-state index in [1.165, 1.54) is 0 Å². The number of hydrogen-bond donors (Lipinski definition) is 2. The Kier molecular flexibility index (Phi) is 4.74. The van der Waals surface area contributed by atoms with Crippen LogP contribution in [0.4, 0.5) is 5.69 Å². The summed E-state index contributed by atoms with van der Waals surface area (Å²) < 4.78 is 5.92. The lowest BCUT2D eigenvalue weighted by Crippen LogP contribution is -2.14. The molecule has 4 rings (SSSR count). The SMILES string of the molecule is O=C(Nc1ccc2oc(-c3ccccc3)c(CO)c(=O)c2c1)c1ccccc1. The molecule has 0 saturated carbocycles. The molecule has 3 aromatic carbocycles. The van der Waals surface area contributed by atoms with E-state index in [0.29, 0.717) is 33.5 Å². The third-order valence-electron chi connectivity index (χ3n) is 4.47. The predicted molar refractivity (Wildman–Crippen MR) is 108 cm³/mol. The highest BCUT2D eigenvalue weighted by Gasteiger charge is 2.16. The Morgan fingerprint density at radius 3 is 2.29 bits per heavy atom. The smallest absolute Gasteiger partial charge is 0.255 e. The first-order valence-electron chi connectivity index (χ1n) is 8.80. The zero-order valence-corrected chi connectivity index (χ0v) is 14.9. The van der Waals surface area contributed by atoms with Crippen LogP contribution in [-0.2, 0) is 6.61 Å². The predicted octanol–water partition coefficient (Wildman–Crippen LogP) is 4.20. The molecule has 0 aliphatic carbocycles. The van der Waals surface area contributed by atoms with Crippen molar-refractivity contribution in [2.75, 3.05) is 5.32 Å². The van der Waals surface area contributed by atoms with Crippen LogP contribution in [0.1, 0.15) is 15.9 Å². The molecule has 0 spiro atoms. The number of aliphatic hydroxyl groups is 1. The van der Waals surface area contributed by atoms with Crippen LogP contribution in [0.15, 0.2) is 88.1 Å². The molecule has 28 heavy (non-hydrogen) atoms. The van der Waals surface area contributed by atoms with Gasteiger partial charge in [-0.3, -0.25) is 9.59 Å². The van der Waals surface area contributed by atoms with Crippen LogP contribution >= 0.6 is 0 Å². The van der Waals surface area contributed by atoms with Crippen molar-refractivity contribution in [3.63, 3.8) is 0 Å². The lowest BCUT2D eigenvalue weighted by molar-refractivity contribution is 0.102. The van der Waals surface area contributed by atoms with E-state index in [1.807, 2.05) is 36.4 Å². The average molecular weight is 371 g/mol. The van der Waals surface area contributed by atoms with Gasteiger partial charge in [0.25, 0.3) is 5.91 Å². The van der Waals surface area contributed by atoms with Crippen molar-refractivity contribution in [3.8, 4) is 11.3 Å². The first-order valence-corrected chi connectivity index (χ1v) is 8.80. The molecule has 138 valence electrons. The fourth-order valence-corrected chi connectivity index (χ4v) is 3.07. The minimum atomic E-state index is -0.441. The molecule has 1 heterocycles. The molecule has 1 aromatic heterocycles. The first kappa shape index (κ1) is 17.7. The van der Waals surface area contributed by atoms with Crippen molar-refractivity contribution in [1.29, 1.82) is 0 Å². The van der Waals surface area contributed by atoms with Gasteiger partial charge >= 0.3 is 0 Å². The van der Waals surface area contributed by atoms with Gasteiger partial charge in [-0.05, 0) is 30.3 Å². The molecule has 4 aromatic rings. The van der Waals surface area contributed by atoms with Crippen LogP contribution in [0, 0.1) is 0 Å². The van der Waals surface area contributed by atoms with E-state index in [4.69, 9.17) is 4.42 Å². The number of aliphatic hydroxyl groups excluding tert-OH is 1. The van der Waals surface area contributed by atoms with E-state index in [-0.39, 0.29) is 16.9 Å². The quantitative estimate of drug-likeness (QED) is 0.563. The Morgan fingerprint density at radius 2 is 1.61 bits per heavy atom. The molecule has 0 saturated heterocycles. The molecular weight excluding hydrogens is 354 g/mol. The third kappa shape index (κ3) is 3.31. The molecular formula is C23H17NO4. The summed E-state index contributed by atoms with van der Waals surface area (Å²) in [6.45, 7) is -0.441. The summed E-state index contributed by atoms with van der Waals surface area (Å²) >= 11 is 0. The second-order valence-corrected chi connectivity index (χ2v) is 6.29. The fraction of sp³-hybridized carbons (Fsp3) is 0.0435. The van der Waals surface area contributed by atoms with Gasteiger partial charge in [0, 0.05) is 16.8 Å². The number of anilines is 1. The zero-order valence-electron chi connectivity index (χ0n) is 14.9.